The first kappa shape index (κ1) is 20.8. The molecule has 0 N–H and O–H groups in total. The van der Waals surface area contributed by atoms with E-state index in [1.54, 1.807) is 19.4 Å². The highest BCUT2D eigenvalue weighted by atomic mass is 16.5. The fourth-order valence-corrected chi connectivity index (χ4v) is 4.71. The van der Waals surface area contributed by atoms with Gasteiger partial charge in [-0.05, 0) is 31.6 Å². The van der Waals surface area contributed by atoms with Crippen LogP contribution >= 0.6 is 0 Å². The number of carbonyl (C=O) groups is 2. The molecule has 0 radical (unpaired) electrons. The number of urea groups is 1. The highest BCUT2D eigenvalue weighted by Gasteiger charge is 2.58. The van der Waals surface area contributed by atoms with Gasteiger partial charge in [0.05, 0.1) is 19.8 Å². The lowest BCUT2D eigenvalue weighted by Gasteiger charge is -2.42. The Hall–Kier alpha value is -2.42. The third kappa shape index (κ3) is 3.71. The Morgan fingerprint density at radius 2 is 2.07 bits per heavy atom. The highest BCUT2D eigenvalue weighted by molar-refractivity contribution is 6.07. The molecular formula is C21H31N5O4. The van der Waals surface area contributed by atoms with Crippen molar-refractivity contribution in [3.8, 4) is 5.88 Å². The van der Waals surface area contributed by atoms with Gasteiger partial charge in [-0.1, -0.05) is 13.8 Å². The average molecular weight is 418 g/mol. The van der Waals surface area contributed by atoms with Crippen molar-refractivity contribution < 1.29 is 19.1 Å². The van der Waals surface area contributed by atoms with Gasteiger partial charge in [0.1, 0.15) is 5.54 Å². The molecule has 1 aromatic heterocycles. The summed E-state index contributed by atoms with van der Waals surface area (Å²) in [6, 6.07) is 1.54. The van der Waals surface area contributed by atoms with Crippen LogP contribution in [0.3, 0.4) is 0 Å². The third-order valence-electron chi connectivity index (χ3n) is 6.28. The lowest BCUT2D eigenvalue weighted by molar-refractivity contribution is -0.135. The SMILES string of the molecule is COc1ccnc(N2CCC3(CC2)C(=O)N(CC2CCCO2)C(=O)N3CC(C)C)n1. The minimum Gasteiger partial charge on any atom is -0.481 e. The van der Waals surface area contributed by atoms with Crippen LogP contribution in [0.2, 0.25) is 0 Å². The summed E-state index contributed by atoms with van der Waals surface area (Å²) >= 11 is 0. The van der Waals surface area contributed by atoms with E-state index in [0.29, 0.717) is 57.5 Å². The molecule has 4 rings (SSSR count). The summed E-state index contributed by atoms with van der Waals surface area (Å²) in [5, 5.41) is 0. The van der Waals surface area contributed by atoms with Gasteiger partial charge in [0.25, 0.3) is 5.91 Å². The lowest BCUT2D eigenvalue weighted by Crippen LogP contribution is -2.57. The van der Waals surface area contributed by atoms with Gasteiger partial charge < -0.3 is 19.3 Å². The van der Waals surface area contributed by atoms with Crippen LogP contribution in [0.25, 0.3) is 0 Å². The van der Waals surface area contributed by atoms with Crippen LogP contribution in [0.4, 0.5) is 10.7 Å². The molecule has 0 saturated carbocycles. The smallest absolute Gasteiger partial charge is 0.327 e. The van der Waals surface area contributed by atoms with Crippen LogP contribution < -0.4 is 9.64 Å². The fourth-order valence-electron chi connectivity index (χ4n) is 4.71. The number of rotatable bonds is 6. The van der Waals surface area contributed by atoms with Crippen molar-refractivity contribution in [3.63, 3.8) is 0 Å². The van der Waals surface area contributed by atoms with Crippen molar-refractivity contribution in [2.24, 2.45) is 5.92 Å². The zero-order valence-electron chi connectivity index (χ0n) is 18.0. The number of aromatic nitrogens is 2. The van der Waals surface area contributed by atoms with Crippen molar-refractivity contribution >= 4 is 17.9 Å². The number of amides is 3. The summed E-state index contributed by atoms with van der Waals surface area (Å²) in [7, 11) is 1.58. The Balaban J connectivity index is 1.54. The van der Waals surface area contributed by atoms with Gasteiger partial charge in [0, 0.05) is 38.5 Å². The predicted molar refractivity (Wildman–Crippen MR) is 110 cm³/mol. The summed E-state index contributed by atoms with van der Waals surface area (Å²) in [6.45, 7) is 7.00. The molecule has 1 spiro atoms. The molecule has 164 valence electrons. The number of imide groups is 1. The van der Waals surface area contributed by atoms with Crippen molar-refractivity contribution in [1.29, 1.82) is 0 Å². The molecule has 30 heavy (non-hydrogen) atoms. The molecule has 1 unspecified atom stereocenters. The van der Waals surface area contributed by atoms with Gasteiger partial charge in [0.2, 0.25) is 11.8 Å². The van der Waals surface area contributed by atoms with Gasteiger partial charge in [-0.25, -0.2) is 9.78 Å². The first-order chi connectivity index (χ1) is 14.4. The van der Waals surface area contributed by atoms with E-state index in [4.69, 9.17) is 9.47 Å². The molecule has 9 nitrogen and oxygen atoms in total. The zero-order valence-corrected chi connectivity index (χ0v) is 18.0. The number of hydrogen-bond acceptors (Lipinski definition) is 7. The van der Waals surface area contributed by atoms with Crippen molar-refractivity contribution in [1.82, 2.24) is 19.8 Å². The number of anilines is 1. The Bertz CT molecular complexity index is 787. The van der Waals surface area contributed by atoms with E-state index in [0.717, 1.165) is 12.8 Å². The largest absolute Gasteiger partial charge is 0.481 e. The fraction of sp³-hybridized carbons (Fsp3) is 0.714. The monoisotopic (exact) mass is 417 g/mol. The van der Waals surface area contributed by atoms with Gasteiger partial charge >= 0.3 is 6.03 Å². The second kappa shape index (κ2) is 8.37. The van der Waals surface area contributed by atoms with E-state index in [1.807, 2.05) is 4.90 Å². The normalized spacial score (nSPS) is 23.9. The maximum absolute atomic E-state index is 13.6. The quantitative estimate of drug-likeness (QED) is 0.654. The summed E-state index contributed by atoms with van der Waals surface area (Å²) in [6.07, 6.45) is 4.63. The molecule has 3 aliphatic rings. The second-order valence-corrected chi connectivity index (χ2v) is 8.76. The maximum Gasteiger partial charge on any atom is 0.327 e. The van der Waals surface area contributed by atoms with Gasteiger partial charge in [-0.2, -0.15) is 4.98 Å². The van der Waals surface area contributed by atoms with E-state index in [-0.39, 0.29) is 24.0 Å². The van der Waals surface area contributed by atoms with Gasteiger partial charge in [0.15, 0.2) is 0 Å². The van der Waals surface area contributed by atoms with Gasteiger partial charge in [-0.15, -0.1) is 0 Å². The molecule has 0 bridgehead atoms. The molecular weight excluding hydrogens is 386 g/mol. The Kier molecular flexibility index (Phi) is 5.81. The highest BCUT2D eigenvalue weighted by Crippen LogP contribution is 2.39. The van der Waals surface area contributed by atoms with Crippen LogP contribution in [-0.2, 0) is 9.53 Å². The Morgan fingerprint density at radius 3 is 2.70 bits per heavy atom. The maximum atomic E-state index is 13.6. The molecule has 1 aromatic rings. The third-order valence-corrected chi connectivity index (χ3v) is 6.28. The van der Waals surface area contributed by atoms with Crippen molar-refractivity contribution in [2.45, 2.75) is 51.2 Å². The number of methoxy groups -OCH3 is 1. The molecule has 1 atom stereocenters. The molecule has 0 aliphatic carbocycles. The molecule has 0 aromatic carbocycles. The van der Waals surface area contributed by atoms with Gasteiger partial charge in [-0.3, -0.25) is 9.69 Å². The summed E-state index contributed by atoms with van der Waals surface area (Å²) in [5.74, 6) is 1.31. The second-order valence-electron chi connectivity index (χ2n) is 8.76. The van der Waals surface area contributed by atoms with E-state index in [2.05, 4.69) is 28.7 Å². The number of ether oxygens (including phenoxy) is 2. The first-order valence-electron chi connectivity index (χ1n) is 10.8. The number of piperidine rings is 1. The van der Waals surface area contributed by atoms with E-state index >= 15 is 0 Å². The summed E-state index contributed by atoms with van der Waals surface area (Å²) < 4.78 is 10.9. The topological polar surface area (TPSA) is 88.1 Å². The molecule has 3 aliphatic heterocycles. The molecule has 4 heterocycles. The van der Waals surface area contributed by atoms with E-state index < -0.39 is 5.54 Å². The Morgan fingerprint density at radius 1 is 1.30 bits per heavy atom. The minimum atomic E-state index is -0.782. The first-order valence-corrected chi connectivity index (χ1v) is 10.8. The van der Waals surface area contributed by atoms with E-state index in [1.165, 1.54) is 4.90 Å². The molecule has 3 saturated heterocycles. The zero-order chi connectivity index (χ0) is 21.3. The summed E-state index contributed by atoms with van der Waals surface area (Å²) in [4.78, 5) is 40.9. The van der Waals surface area contributed by atoms with Crippen LogP contribution in [0, 0.1) is 5.92 Å². The molecule has 3 amide bonds. The van der Waals surface area contributed by atoms with E-state index in [9.17, 15) is 9.59 Å². The predicted octanol–water partition coefficient (Wildman–Crippen LogP) is 1.92. The lowest BCUT2D eigenvalue weighted by atomic mass is 9.85. The standard InChI is InChI=1S/C21H31N5O4/c1-15(2)13-26-20(28)25(14-16-5-4-12-30-16)18(27)21(26)7-10-24(11-8-21)19-22-9-6-17(23-19)29-3/h6,9,15-16H,4-5,7-8,10-14H2,1-3H3. The van der Waals surface area contributed by atoms with Crippen LogP contribution in [-0.4, -0.2) is 83.2 Å². The molecule has 3 fully saturated rings. The Labute approximate surface area is 177 Å². The average Bonchev–Trinajstić information content (AvgIpc) is 3.33. The van der Waals surface area contributed by atoms with Crippen LogP contribution in [0.15, 0.2) is 12.3 Å². The van der Waals surface area contributed by atoms with Crippen LogP contribution in [0.5, 0.6) is 5.88 Å². The van der Waals surface area contributed by atoms with Crippen molar-refractivity contribution in [2.75, 3.05) is 44.8 Å². The number of hydrogen-bond donors (Lipinski definition) is 0. The number of nitrogens with zero attached hydrogens (tertiary/aromatic N) is 5. The number of carbonyl (C=O) groups excluding carboxylic acids is 2. The minimum absolute atomic E-state index is 0.0424. The van der Waals surface area contributed by atoms with Crippen LogP contribution in [0.1, 0.15) is 39.5 Å². The molecule has 9 heteroatoms. The summed E-state index contributed by atoms with van der Waals surface area (Å²) in [5.41, 5.74) is -0.782. The van der Waals surface area contributed by atoms with Crippen molar-refractivity contribution in [3.05, 3.63) is 12.3 Å².